The van der Waals surface area contributed by atoms with Gasteiger partial charge in [0, 0.05) is 6.04 Å². The average molecular weight is 249 g/mol. The zero-order chi connectivity index (χ0) is 13.0. The predicted molar refractivity (Wildman–Crippen MR) is 67.8 cm³/mol. The number of hydrogen-bond donors (Lipinski definition) is 0. The summed E-state index contributed by atoms with van der Waals surface area (Å²) in [7, 11) is 2.07. The second-order valence-electron chi connectivity index (χ2n) is 4.53. The van der Waals surface area contributed by atoms with Crippen LogP contribution < -0.4 is 0 Å². The highest BCUT2D eigenvalue weighted by atomic mass is 16.4. The molecule has 0 bridgehead atoms. The molecule has 2 aromatic rings. The van der Waals surface area contributed by atoms with Crippen LogP contribution in [0.2, 0.25) is 0 Å². The molecule has 0 aliphatic heterocycles. The Labute approximate surface area is 107 Å². The Balaban J connectivity index is 1.98. The van der Waals surface area contributed by atoms with Gasteiger partial charge in [0.05, 0.1) is 12.8 Å². The van der Waals surface area contributed by atoms with Crippen LogP contribution in [0.5, 0.6) is 0 Å². The summed E-state index contributed by atoms with van der Waals surface area (Å²) in [5.74, 6) is 1.66. The van der Waals surface area contributed by atoms with E-state index in [-0.39, 0.29) is 0 Å². The molecule has 0 aliphatic rings. The molecule has 0 N–H and O–H groups in total. The third kappa shape index (κ3) is 2.98. The fourth-order valence-electron chi connectivity index (χ4n) is 1.82. The van der Waals surface area contributed by atoms with Gasteiger partial charge in [-0.2, -0.15) is 0 Å². The molecule has 0 unspecified atom stereocenters. The van der Waals surface area contributed by atoms with E-state index in [2.05, 4.69) is 36.0 Å². The normalized spacial score (nSPS) is 13.1. The molecule has 2 rings (SSSR count). The number of aromatic nitrogens is 2. The summed E-state index contributed by atoms with van der Waals surface area (Å²) in [5, 5.41) is 8.02. The van der Waals surface area contributed by atoms with E-state index in [1.54, 1.807) is 18.4 Å². The van der Waals surface area contributed by atoms with Crippen molar-refractivity contribution in [3.05, 3.63) is 24.3 Å². The van der Waals surface area contributed by atoms with Gasteiger partial charge in [0.15, 0.2) is 5.76 Å². The van der Waals surface area contributed by atoms with E-state index in [4.69, 9.17) is 8.83 Å². The monoisotopic (exact) mass is 249 g/mol. The van der Waals surface area contributed by atoms with Gasteiger partial charge in [0.1, 0.15) is 0 Å². The summed E-state index contributed by atoms with van der Waals surface area (Å²) in [6.07, 6.45) is 3.93. The zero-order valence-corrected chi connectivity index (χ0v) is 11.1. The van der Waals surface area contributed by atoms with Crippen LogP contribution in [0.15, 0.2) is 27.2 Å². The topological polar surface area (TPSA) is 55.3 Å². The highest BCUT2D eigenvalue weighted by Gasteiger charge is 2.14. The van der Waals surface area contributed by atoms with Crippen molar-refractivity contribution in [1.29, 1.82) is 0 Å². The maximum absolute atomic E-state index is 5.57. The Hall–Kier alpha value is -1.62. The van der Waals surface area contributed by atoms with E-state index in [9.17, 15) is 0 Å². The van der Waals surface area contributed by atoms with Gasteiger partial charge in [-0.25, -0.2) is 0 Å². The molecule has 0 saturated carbocycles. The lowest BCUT2D eigenvalue weighted by molar-refractivity contribution is 0.215. The summed E-state index contributed by atoms with van der Waals surface area (Å²) in [6.45, 7) is 5.05. The Morgan fingerprint density at radius 2 is 2.22 bits per heavy atom. The first-order valence-electron chi connectivity index (χ1n) is 6.27. The molecular weight excluding hydrogens is 230 g/mol. The molecule has 0 amide bonds. The maximum Gasteiger partial charge on any atom is 0.283 e. The first kappa shape index (κ1) is 12.8. The quantitative estimate of drug-likeness (QED) is 0.787. The molecule has 0 spiro atoms. The molecule has 0 radical (unpaired) electrons. The van der Waals surface area contributed by atoms with Gasteiger partial charge in [-0.05, 0) is 32.5 Å². The Morgan fingerprint density at radius 3 is 2.89 bits per heavy atom. The lowest BCUT2D eigenvalue weighted by Gasteiger charge is -2.22. The fourth-order valence-corrected chi connectivity index (χ4v) is 1.82. The third-order valence-electron chi connectivity index (χ3n) is 3.04. The number of nitrogens with zero attached hydrogens (tertiary/aromatic N) is 3. The van der Waals surface area contributed by atoms with Gasteiger partial charge in [-0.15, -0.1) is 10.2 Å². The smallest absolute Gasteiger partial charge is 0.283 e. The van der Waals surface area contributed by atoms with Crippen LogP contribution in [0.25, 0.3) is 11.7 Å². The van der Waals surface area contributed by atoms with Gasteiger partial charge in [-0.3, -0.25) is 4.90 Å². The van der Waals surface area contributed by atoms with E-state index < -0.39 is 0 Å². The van der Waals surface area contributed by atoms with Crippen LogP contribution in [0.1, 0.15) is 32.6 Å². The third-order valence-corrected chi connectivity index (χ3v) is 3.04. The van der Waals surface area contributed by atoms with Gasteiger partial charge < -0.3 is 8.83 Å². The summed E-state index contributed by atoms with van der Waals surface area (Å²) < 4.78 is 10.8. The van der Waals surface area contributed by atoms with Crippen molar-refractivity contribution >= 4 is 0 Å². The summed E-state index contributed by atoms with van der Waals surface area (Å²) in [6, 6.07) is 4.11. The first-order chi connectivity index (χ1) is 8.70. The Bertz CT molecular complexity index is 464. The molecule has 0 aliphatic carbocycles. The molecule has 0 fully saturated rings. The molecule has 1 atom stereocenters. The van der Waals surface area contributed by atoms with Crippen molar-refractivity contribution in [3.63, 3.8) is 0 Å². The van der Waals surface area contributed by atoms with Crippen LogP contribution >= 0.6 is 0 Å². The number of furan rings is 1. The molecule has 18 heavy (non-hydrogen) atoms. The second kappa shape index (κ2) is 5.82. The van der Waals surface area contributed by atoms with Gasteiger partial charge in [0.2, 0.25) is 5.89 Å². The van der Waals surface area contributed by atoms with E-state index in [1.165, 1.54) is 6.42 Å². The van der Waals surface area contributed by atoms with Crippen LogP contribution in [-0.4, -0.2) is 28.2 Å². The van der Waals surface area contributed by atoms with Crippen LogP contribution in [0.3, 0.4) is 0 Å². The van der Waals surface area contributed by atoms with Crippen molar-refractivity contribution in [2.75, 3.05) is 7.05 Å². The Kier molecular flexibility index (Phi) is 4.15. The van der Waals surface area contributed by atoms with Gasteiger partial charge in [-0.1, -0.05) is 13.3 Å². The second-order valence-corrected chi connectivity index (χ2v) is 4.53. The van der Waals surface area contributed by atoms with Crippen LogP contribution in [-0.2, 0) is 6.54 Å². The summed E-state index contributed by atoms with van der Waals surface area (Å²) in [4.78, 5) is 2.21. The highest BCUT2D eigenvalue weighted by Crippen LogP contribution is 2.18. The van der Waals surface area contributed by atoms with Crippen molar-refractivity contribution in [2.24, 2.45) is 0 Å². The standard InChI is InChI=1S/C13H19N3O2/c1-4-6-10(2)16(3)9-12-14-15-13(18-12)11-7-5-8-17-11/h5,7-8,10H,4,6,9H2,1-3H3/t10-/m1/s1. The summed E-state index contributed by atoms with van der Waals surface area (Å²) in [5.41, 5.74) is 0. The van der Waals surface area contributed by atoms with Crippen molar-refractivity contribution in [2.45, 2.75) is 39.3 Å². The predicted octanol–water partition coefficient (Wildman–Crippen LogP) is 2.95. The minimum atomic E-state index is 0.437. The summed E-state index contributed by atoms with van der Waals surface area (Å²) >= 11 is 0. The van der Waals surface area contributed by atoms with Crippen molar-refractivity contribution in [1.82, 2.24) is 15.1 Å². The molecule has 2 aromatic heterocycles. The van der Waals surface area contributed by atoms with Crippen LogP contribution in [0, 0.1) is 0 Å². The largest absolute Gasteiger partial charge is 0.459 e. The molecular formula is C13H19N3O2. The zero-order valence-electron chi connectivity index (χ0n) is 11.1. The lowest BCUT2D eigenvalue weighted by Crippen LogP contribution is -2.28. The van der Waals surface area contributed by atoms with Crippen molar-refractivity contribution < 1.29 is 8.83 Å². The van der Waals surface area contributed by atoms with E-state index >= 15 is 0 Å². The van der Waals surface area contributed by atoms with Gasteiger partial charge >= 0.3 is 0 Å². The number of rotatable bonds is 6. The SMILES string of the molecule is CCC[C@@H](C)N(C)Cc1nnc(-c2ccco2)o1. The molecule has 0 aromatic carbocycles. The van der Waals surface area contributed by atoms with Gasteiger partial charge in [0.25, 0.3) is 5.89 Å². The van der Waals surface area contributed by atoms with E-state index in [0.29, 0.717) is 30.1 Å². The highest BCUT2D eigenvalue weighted by molar-refractivity contribution is 5.42. The minimum absolute atomic E-state index is 0.437. The van der Waals surface area contributed by atoms with Crippen molar-refractivity contribution in [3.8, 4) is 11.7 Å². The molecule has 2 heterocycles. The molecule has 0 saturated heterocycles. The molecule has 98 valence electrons. The maximum atomic E-state index is 5.57. The molecule has 5 heteroatoms. The van der Waals surface area contributed by atoms with Crippen LogP contribution in [0.4, 0.5) is 0 Å². The Morgan fingerprint density at radius 1 is 1.39 bits per heavy atom. The minimum Gasteiger partial charge on any atom is -0.459 e. The lowest BCUT2D eigenvalue weighted by atomic mass is 10.2. The molecule has 5 nitrogen and oxygen atoms in total. The van der Waals surface area contributed by atoms with E-state index in [0.717, 1.165) is 6.42 Å². The van der Waals surface area contributed by atoms with E-state index in [1.807, 2.05) is 0 Å². The average Bonchev–Trinajstić information content (AvgIpc) is 2.98. The first-order valence-corrected chi connectivity index (χ1v) is 6.27. The fraction of sp³-hybridized carbons (Fsp3) is 0.538. The number of hydrogen-bond acceptors (Lipinski definition) is 5.